The van der Waals surface area contributed by atoms with Gasteiger partial charge in [0.05, 0.1) is 12.7 Å². The van der Waals surface area contributed by atoms with E-state index in [4.69, 9.17) is 9.53 Å². The number of hydrogen-bond acceptors (Lipinski definition) is 3. The van der Waals surface area contributed by atoms with E-state index in [0.29, 0.717) is 6.10 Å². The van der Waals surface area contributed by atoms with Gasteiger partial charge in [0.2, 0.25) is 0 Å². The molecule has 2 atom stereocenters. The van der Waals surface area contributed by atoms with Gasteiger partial charge in [-0.2, -0.15) is 0 Å². The average molecular weight is 231 g/mol. The molecular formula is C11H25NO2Si. The second-order valence-electron chi connectivity index (χ2n) is 6.02. The van der Waals surface area contributed by atoms with Gasteiger partial charge in [-0.1, -0.05) is 20.8 Å². The predicted octanol–water partition coefficient (Wildman–Crippen LogP) is 1.73. The number of rotatable bonds is 3. The van der Waals surface area contributed by atoms with E-state index in [9.17, 15) is 0 Å². The van der Waals surface area contributed by atoms with Crippen molar-refractivity contribution in [3.05, 3.63) is 0 Å². The standard InChI is InChI=1S/C11H25NO2Si/c1-11(2,3)15(4,5)14-10-6-9(8-13)12-7-10/h9-10,12-13H,6-8H2,1-5H3/t9-,10+/m1/s1. The largest absolute Gasteiger partial charge is 0.413 e. The van der Waals surface area contributed by atoms with Crippen LogP contribution in [0, 0.1) is 0 Å². The topological polar surface area (TPSA) is 41.5 Å². The highest BCUT2D eigenvalue weighted by Crippen LogP contribution is 2.38. The molecule has 0 aromatic heterocycles. The van der Waals surface area contributed by atoms with Crippen LogP contribution in [0.25, 0.3) is 0 Å². The molecule has 0 aromatic carbocycles. The lowest BCUT2D eigenvalue weighted by atomic mass is 10.2. The number of nitrogens with one attached hydrogen (secondary N) is 1. The molecule has 4 heteroatoms. The van der Waals surface area contributed by atoms with Crippen molar-refractivity contribution in [3.63, 3.8) is 0 Å². The summed E-state index contributed by atoms with van der Waals surface area (Å²) >= 11 is 0. The van der Waals surface area contributed by atoms with Gasteiger partial charge >= 0.3 is 0 Å². The fourth-order valence-electron chi connectivity index (χ4n) is 1.60. The molecule has 3 nitrogen and oxygen atoms in total. The smallest absolute Gasteiger partial charge is 0.192 e. The third-order valence-electron chi connectivity index (χ3n) is 3.67. The number of aliphatic hydroxyl groups is 1. The molecule has 0 bridgehead atoms. The SMILES string of the molecule is CC(C)(C)[Si](C)(C)O[C@@H]1CN[C@@H](CO)C1. The van der Waals surface area contributed by atoms with Crippen LogP contribution in [0.15, 0.2) is 0 Å². The molecule has 90 valence electrons. The van der Waals surface area contributed by atoms with E-state index in [1.165, 1.54) is 0 Å². The van der Waals surface area contributed by atoms with Crippen molar-refractivity contribution < 1.29 is 9.53 Å². The van der Waals surface area contributed by atoms with Crippen LogP contribution in [-0.4, -0.2) is 38.7 Å². The van der Waals surface area contributed by atoms with Gasteiger partial charge in [0.15, 0.2) is 8.32 Å². The Bertz CT molecular complexity index is 213. The molecule has 1 saturated heterocycles. The molecule has 2 N–H and O–H groups in total. The van der Waals surface area contributed by atoms with Crippen LogP contribution in [0.3, 0.4) is 0 Å². The predicted molar refractivity (Wildman–Crippen MR) is 65.6 cm³/mol. The Morgan fingerprint density at radius 1 is 1.40 bits per heavy atom. The first-order chi connectivity index (χ1) is 6.76. The van der Waals surface area contributed by atoms with E-state index >= 15 is 0 Å². The van der Waals surface area contributed by atoms with E-state index in [1.54, 1.807) is 0 Å². The summed E-state index contributed by atoms with van der Waals surface area (Å²) < 4.78 is 6.26. The van der Waals surface area contributed by atoms with Crippen LogP contribution in [0.4, 0.5) is 0 Å². The molecule has 0 amide bonds. The zero-order chi connectivity index (χ0) is 11.7. The number of hydrogen-bond donors (Lipinski definition) is 2. The summed E-state index contributed by atoms with van der Waals surface area (Å²) in [5.74, 6) is 0. The molecule has 1 fully saturated rings. The van der Waals surface area contributed by atoms with Crippen molar-refractivity contribution >= 4 is 8.32 Å². The third kappa shape index (κ3) is 3.28. The van der Waals surface area contributed by atoms with Gasteiger partial charge in [0.25, 0.3) is 0 Å². The Kier molecular flexibility index (Phi) is 3.98. The Hall–Kier alpha value is 0.0969. The first-order valence-corrected chi connectivity index (χ1v) is 8.69. The summed E-state index contributed by atoms with van der Waals surface area (Å²) in [6, 6.07) is 0.236. The maximum atomic E-state index is 9.04. The second kappa shape index (κ2) is 4.53. The maximum absolute atomic E-state index is 9.04. The molecule has 0 saturated carbocycles. The van der Waals surface area contributed by atoms with Gasteiger partial charge < -0.3 is 14.8 Å². The van der Waals surface area contributed by atoms with Crippen molar-refractivity contribution in [3.8, 4) is 0 Å². The molecule has 1 rings (SSSR count). The third-order valence-corrected chi connectivity index (χ3v) is 8.20. The molecule has 1 aliphatic heterocycles. The van der Waals surface area contributed by atoms with Crippen LogP contribution >= 0.6 is 0 Å². The van der Waals surface area contributed by atoms with Crippen LogP contribution in [0.1, 0.15) is 27.2 Å². The van der Waals surface area contributed by atoms with Crippen LogP contribution in [0.5, 0.6) is 0 Å². The van der Waals surface area contributed by atoms with Crippen molar-refractivity contribution in [2.75, 3.05) is 13.2 Å². The Morgan fingerprint density at radius 3 is 2.40 bits per heavy atom. The molecular weight excluding hydrogens is 206 g/mol. The van der Waals surface area contributed by atoms with Gasteiger partial charge in [0, 0.05) is 12.6 Å². The van der Waals surface area contributed by atoms with Gasteiger partial charge in [-0.05, 0) is 24.6 Å². The second-order valence-corrected chi connectivity index (χ2v) is 10.8. The zero-order valence-corrected chi connectivity index (χ0v) is 11.6. The van der Waals surface area contributed by atoms with E-state index in [0.717, 1.165) is 13.0 Å². The van der Waals surface area contributed by atoms with E-state index in [1.807, 2.05) is 0 Å². The van der Waals surface area contributed by atoms with Crippen LogP contribution in [0.2, 0.25) is 18.1 Å². The van der Waals surface area contributed by atoms with Crippen molar-refractivity contribution in [2.24, 2.45) is 0 Å². The molecule has 0 unspecified atom stereocenters. The summed E-state index contributed by atoms with van der Waals surface area (Å²) in [5.41, 5.74) is 0. The fraction of sp³-hybridized carbons (Fsp3) is 1.00. The fourth-order valence-corrected chi connectivity index (χ4v) is 2.97. The number of aliphatic hydroxyl groups excluding tert-OH is 1. The highest BCUT2D eigenvalue weighted by atomic mass is 28.4. The van der Waals surface area contributed by atoms with Crippen molar-refractivity contribution in [1.82, 2.24) is 5.32 Å². The Labute approximate surface area is 94.3 Å². The quantitative estimate of drug-likeness (QED) is 0.727. The summed E-state index contributed by atoms with van der Waals surface area (Å²) in [7, 11) is -1.63. The van der Waals surface area contributed by atoms with Gasteiger partial charge in [-0.3, -0.25) is 0 Å². The minimum absolute atomic E-state index is 0.220. The highest BCUT2D eigenvalue weighted by Gasteiger charge is 2.40. The van der Waals surface area contributed by atoms with Crippen molar-refractivity contribution in [2.45, 2.75) is 57.5 Å². The van der Waals surface area contributed by atoms with Gasteiger partial charge in [-0.15, -0.1) is 0 Å². The molecule has 0 aromatic rings. The molecule has 15 heavy (non-hydrogen) atoms. The van der Waals surface area contributed by atoms with E-state index in [-0.39, 0.29) is 17.7 Å². The maximum Gasteiger partial charge on any atom is 0.192 e. The van der Waals surface area contributed by atoms with E-state index in [2.05, 4.69) is 39.2 Å². The molecule has 1 heterocycles. The molecule has 0 radical (unpaired) electrons. The highest BCUT2D eigenvalue weighted by molar-refractivity contribution is 6.74. The van der Waals surface area contributed by atoms with Gasteiger partial charge in [0.1, 0.15) is 0 Å². The lowest BCUT2D eigenvalue weighted by molar-refractivity contribution is 0.188. The monoisotopic (exact) mass is 231 g/mol. The minimum Gasteiger partial charge on any atom is -0.413 e. The Morgan fingerprint density at radius 2 is 2.00 bits per heavy atom. The Balaban J connectivity index is 2.49. The minimum atomic E-state index is -1.63. The summed E-state index contributed by atoms with van der Waals surface area (Å²) in [6.45, 7) is 12.4. The summed E-state index contributed by atoms with van der Waals surface area (Å²) in [5, 5.41) is 12.6. The molecule has 0 aliphatic carbocycles. The van der Waals surface area contributed by atoms with E-state index < -0.39 is 8.32 Å². The molecule has 1 aliphatic rings. The van der Waals surface area contributed by atoms with Crippen molar-refractivity contribution in [1.29, 1.82) is 0 Å². The lowest BCUT2D eigenvalue weighted by Crippen LogP contribution is -2.44. The lowest BCUT2D eigenvalue weighted by Gasteiger charge is -2.38. The van der Waals surface area contributed by atoms with Gasteiger partial charge in [-0.25, -0.2) is 0 Å². The zero-order valence-electron chi connectivity index (χ0n) is 10.6. The first-order valence-electron chi connectivity index (χ1n) is 5.78. The average Bonchev–Trinajstić information content (AvgIpc) is 2.49. The van der Waals surface area contributed by atoms with Crippen LogP contribution in [-0.2, 0) is 4.43 Å². The summed E-state index contributed by atoms with van der Waals surface area (Å²) in [6.07, 6.45) is 1.24. The van der Waals surface area contributed by atoms with Crippen LogP contribution < -0.4 is 5.32 Å². The normalized spacial score (nSPS) is 28.4. The molecule has 0 spiro atoms. The summed E-state index contributed by atoms with van der Waals surface area (Å²) in [4.78, 5) is 0. The first kappa shape index (κ1) is 13.2.